The van der Waals surface area contributed by atoms with Gasteiger partial charge in [0, 0.05) is 22.9 Å². The van der Waals surface area contributed by atoms with Crippen molar-refractivity contribution in [2.75, 3.05) is 36.9 Å². The molecule has 0 spiro atoms. The number of urea groups is 1. The molecule has 2 amide bonds. The lowest BCUT2D eigenvalue weighted by molar-refractivity contribution is 0.0466. The normalized spacial score (nSPS) is 10.5. The molecule has 2 aromatic carbocycles. The van der Waals surface area contributed by atoms with Gasteiger partial charge in [0.25, 0.3) is 0 Å². The summed E-state index contributed by atoms with van der Waals surface area (Å²) >= 11 is 5.81. The Kier molecular flexibility index (Phi) is 8.10. The van der Waals surface area contributed by atoms with Gasteiger partial charge in [0.15, 0.2) is 0 Å². The summed E-state index contributed by atoms with van der Waals surface area (Å²) in [6.07, 6.45) is 0. The minimum Gasteiger partial charge on any atom is -0.461 e. The fraction of sp³-hybridized carbons (Fsp3) is 0.300. The Bertz CT molecular complexity index is 744. The molecule has 0 aromatic heterocycles. The first-order valence-electron chi connectivity index (χ1n) is 8.85. The maximum atomic E-state index is 12.1. The number of halogens is 1. The molecule has 2 N–H and O–H groups in total. The summed E-state index contributed by atoms with van der Waals surface area (Å²) in [5, 5.41) is 6.00. The van der Waals surface area contributed by atoms with Gasteiger partial charge in [0.1, 0.15) is 6.61 Å². The van der Waals surface area contributed by atoms with E-state index >= 15 is 0 Å². The third kappa shape index (κ3) is 6.92. The number of hydrogen-bond donors (Lipinski definition) is 2. The molecule has 0 heterocycles. The summed E-state index contributed by atoms with van der Waals surface area (Å²) in [5.41, 5.74) is 1.64. The molecule has 0 aliphatic heterocycles. The van der Waals surface area contributed by atoms with E-state index in [4.69, 9.17) is 16.3 Å². The van der Waals surface area contributed by atoms with Gasteiger partial charge in [-0.3, -0.25) is 0 Å². The number of nitrogens with zero attached hydrogens (tertiary/aromatic N) is 1. The van der Waals surface area contributed by atoms with Crippen LogP contribution in [0.4, 0.5) is 16.2 Å². The van der Waals surface area contributed by atoms with Crippen LogP contribution in [0.1, 0.15) is 24.2 Å². The van der Waals surface area contributed by atoms with Crippen molar-refractivity contribution in [2.45, 2.75) is 13.8 Å². The third-order valence-electron chi connectivity index (χ3n) is 4.02. The highest BCUT2D eigenvalue weighted by Gasteiger charge is 2.09. The SMILES string of the molecule is CCN(CC)CCOC(=O)c1ccc(NC(=O)Nc2ccc(Cl)cc2)cc1. The third-order valence-corrected chi connectivity index (χ3v) is 4.27. The Balaban J connectivity index is 1.82. The van der Waals surface area contributed by atoms with Crippen molar-refractivity contribution in [3.05, 3.63) is 59.1 Å². The minimum absolute atomic E-state index is 0.351. The van der Waals surface area contributed by atoms with Gasteiger partial charge in [0.2, 0.25) is 0 Å². The van der Waals surface area contributed by atoms with E-state index in [1.807, 2.05) is 0 Å². The highest BCUT2D eigenvalue weighted by atomic mass is 35.5. The van der Waals surface area contributed by atoms with E-state index in [-0.39, 0.29) is 12.0 Å². The lowest BCUT2D eigenvalue weighted by atomic mass is 10.2. The first-order valence-corrected chi connectivity index (χ1v) is 9.22. The number of carbonyl (C=O) groups excluding carboxylic acids is 2. The second-order valence-electron chi connectivity index (χ2n) is 5.83. The number of carbonyl (C=O) groups is 2. The summed E-state index contributed by atoms with van der Waals surface area (Å²) in [7, 11) is 0. The number of rotatable bonds is 8. The molecule has 0 atom stereocenters. The molecule has 0 fully saturated rings. The second kappa shape index (κ2) is 10.5. The van der Waals surface area contributed by atoms with E-state index in [0.29, 0.717) is 35.1 Å². The maximum Gasteiger partial charge on any atom is 0.338 e. The van der Waals surface area contributed by atoms with E-state index in [1.54, 1.807) is 48.5 Å². The van der Waals surface area contributed by atoms with Crippen LogP contribution >= 0.6 is 11.6 Å². The van der Waals surface area contributed by atoms with Gasteiger partial charge < -0.3 is 20.3 Å². The van der Waals surface area contributed by atoms with Crippen molar-refractivity contribution in [2.24, 2.45) is 0 Å². The molecule has 7 heteroatoms. The predicted molar refractivity (Wildman–Crippen MR) is 109 cm³/mol. The molecule has 2 aromatic rings. The summed E-state index contributed by atoms with van der Waals surface area (Å²) in [5.74, 6) is -0.376. The number of amides is 2. The van der Waals surface area contributed by atoms with Crippen molar-refractivity contribution >= 4 is 35.0 Å². The van der Waals surface area contributed by atoms with Crippen molar-refractivity contribution in [3.63, 3.8) is 0 Å². The largest absolute Gasteiger partial charge is 0.461 e. The van der Waals surface area contributed by atoms with E-state index in [1.165, 1.54) is 0 Å². The highest BCUT2D eigenvalue weighted by molar-refractivity contribution is 6.30. The number of benzene rings is 2. The number of anilines is 2. The first-order chi connectivity index (χ1) is 13.0. The van der Waals surface area contributed by atoms with Crippen molar-refractivity contribution in [1.82, 2.24) is 4.90 Å². The molecule has 144 valence electrons. The number of nitrogens with one attached hydrogen (secondary N) is 2. The fourth-order valence-corrected chi connectivity index (χ4v) is 2.53. The van der Waals surface area contributed by atoms with Crippen molar-refractivity contribution in [3.8, 4) is 0 Å². The Morgan fingerprint density at radius 3 is 1.96 bits per heavy atom. The Labute approximate surface area is 164 Å². The van der Waals surface area contributed by atoms with Gasteiger partial charge in [-0.1, -0.05) is 25.4 Å². The number of likely N-dealkylation sites (N-methyl/N-ethyl adjacent to an activating group) is 1. The summed E-state index contributed by atoms with van der Waals surface area (Å²) in [4.78, 5) is 26.2. The minimum atomic E-state index is -0.383. The zero-order chi connectivity index (χ0) is 19.6. The van der Waals surface area contributed by atoms with Gasteiger partial charge in [-0.2, -0.15) is 0 Å². The van der Waals surface area contributed by atoms with Crippen LogP contribution in [0.25, 0.3) is 0 Å². The van der Waals surface area contributed by atoms with Gasteiger partial charge in [-0.05, 0) is 61.6 Å². The van der Waals surface area contributed by atoms with Crippen LogP contribution in [0, 0.1) is 0 Å². The Hall–Kier alpha value is -2.57. The number of hydrogen-bond acceptors (Lipinski definition) is 4. The van der Waals surface area contributed by atoms with Crippen LogP contribution < -0.4 is 10.6 Å². The van der Waals surface area contributed by atoms with Crippen molar-refractivity contribution < 1.29 is 14.3 Å². The molecule has 27 heavy (non-hydrogen) atoms. The maximum absolute atomic E-state index is 12.1. The van der Waals surface area contributed by atoms with Gasteiger partial charge in [-0.25, -0.2) is 9.59 Å². The smallest absolute Gasteiger partial charge is 0.338 e. The predicted octanol–water partition coefficient (Wildman–Crippen LogP) is 4.48. The van der Waals surface area contributed by atoms with E-state index in [0.717, 1.165) is 13.1 Å². The van der Waals surface area contributed by atoms with Crippen LogP contribution in [0.15, 0.2) is 48.5 Å². The molecule has 0 saturated heterocycles. The molecular formula is C20H24ClN3O3. The fourth-order valence-electron chi connectivity index (χ4n) is 2.41. The molecule has 0 aliphatic rings. The molecule has 0 bridgehead atoms. The average molecular weight is 390 g/mol. The summed E-state index contributed by atoms with van der Waals surface area (Å²) in [6, 6.07) is 13.0. The molecule has 0 aliphatic carbocycles. The molecule has 0 saturated carbocycles. The Morgan fingerprint density at radius 1 is 0.926 bits per heavy atom. The zero-order valence-corrected chi connectivity index (χ0v) is 16.3. The van der Waals surface area contributed by atoms with Crippen molar-refractivity contribution in [1.29, 1.82) is 0 Å². The first kappa shape index (κ1) is 20.7. The molecular weight excluding hydrogens is 366 g/mol. The van der Waals surface area contributed by atoms with E-state index in [2.05, 4.69) is 29.4 Å². The number of esters is 1. The summed E-state index contributed by atoms with van der Waals surface area (Å²) in [6.45, 7) is 7.05. The number of ether oxygens (including phenoxy) is 1. The standard InChI is InChI=1S/C20H24ClN3O3/c1-3-24(4-2)13-14-27-19(25)15-5-9-17(10-6-15)22-20(26)23-18-11-7-16(21)8-12-18/h5-12H,3-4,13-14H2,1-2H3,(H2,22,23,26). The Morgan fingerprint density at radius 2 is 1.44 bits per heavy atom. The van der Waals surface area contributed by atoms with Gasteiger partial charge in [-0.15, -0.1) is 0 Å². The van der Waals surface area contributed by atoms with Crippen LogP contribution in [-0.2, 0) is 4.74 Å². The van der Waals surface area contributed by atoms with Crippen LogP contribution in [0.5, 0.6) is 0 Å². The van der Waals surface area contributed by atoms with Crippen LogP contribution in [0.3, 0.4) is 0 Å². The quantitative estimate of drug-likeness (QED) is 0.653. The van der Waals surface area contributed by atoms with Crippen LogP contribution in [0.2, 0.25) is 5.02 Å². The van der Waals surface area contributed by atoms with Crippen LogP contribution in [-0.4, -0.2) is 43.1 Å². The molecule has 6 nitrogen and oxygen atoms in total. The monoisotopic (exact) mass is 389 g/mol. The zero-order valence-electron chi connectivity index (χ0n) is 15.5. The molecule has 0 unspecified atom stereocenters. The van der Waals surface area contributed by atoms with E-state index < -0.39 is 0 Å². The highest BCUT2D eigenvalue weighted by Crippen LogP contribution is 2.15. The van der Waals surface area contributed by atoms with Gasteiger partial charge >= 0.3 is 12.0 Å². The molecule has 2 rings (SSSR count). The van der Waals surface area contributed by atoms with Gasteiger partial charge in [0.05, 0.1) is 5.56 Å². The molecule has 0 radical (unpaired) electrons. The second-order valence-corrected chi connectivity index (χ2v) is 6.26. The average Bonchev–Trinajstić information content (AvgIpc) is 2.67. The lowest BCUT2D eigenvalue weighted by Crippen LogP contribution is -2.27. The lowest BCUT2D eigenvalue weighted by Gasteiger charge is -2.17. The topological polar surface area (TPSA) is 70.7 Å². The summed E-state index contributed by atoms with van der Waals surface area (Å²) < 4.78 is 5.28. The van der Waals surface area contributed by atoms with E-state index in [9.17, 15) is 9.59 Å².